The highest BCUT2D eigenvalue weighted by molar-refractivity contribution is 9.10. The van der Waals surface area contributed by atoms with Crippen molar-refractivity contribution in [3.8, 4) is 0 Å². The van der Waals surface area contributed by atoms with E-state index >= 15 is 0 Å². The molecule has 2 aromatic carbocycles. The Bertz CT molecular complexity index is 528. The molecule has 0 bridgehead atoms. The van der Waals surface area contributed by atoms with Gasteiger partial charge in [-0.25, -0.2) is 4.39 Å². The molecule has 0 aliphatic heterocycles. The van der Waals surface area contributed by atoms with E-state index in [1.54, 1.807) is 12.1 Å². The molecule has 0 saturated carbocycles. The highest BCUT2D eigenvalue weighted by atomic mass is 79.9. The number of hydrogen-bond acceptors (Lipinski definition) is 1. The van der Waals surface area contributed by atoms with E-state index in [4.69, 9.17) is 0 Å². The zero-order chi connectivity index (χ0) is 13.7. The first-order chi connectivity index (χ1) is 9.22. The zero-order valence-corrected chi connectivity index (χ0v) is 12.5. The Morgan fingerprint density at radius 2 is 1.89 bits per heavy atom. The van der Waals surface area contributed by atoms with Gasteiger partial charge in [-0.05, 0) is 42.3 Å². The summed E-state index contributed by atoms with van der Waals surface area (Å²) >= 11 is 3.51. The summed E-state index contributed by atoms with van der Waals surface area (Å²) in [6, 6.07) is 14.9. The zero-order valence-electron chi connectivity index (χ0n) is 10.9. The SMILES string of the molecule is CCCNC(c1ccccc1)c1cc(F)ccc1Br. The summed E-state index contributed by atoms with van der Waals surface area (Å²) in [6.45, 7) is 3.01. The van der Waals surface area contributed by atoms with Crippen LogP contribution in [0.5, 0.6) is 0 Å². The van der Waals surface area contributed by atoms with E-state index in [0.717, 1.165) is 28.6 Å². The molecule has 3 heteroatoms. The van der Waals surface area contributed by atoms with Gasteiger partial charge in [0.05, 0.1) is 6.04 Å². The molecule has 1 nitrogen and oxygen atoms in total. The smallest absolute Gasteiger partial charge is 0.123 e. The maximum absolute atomic E-state index is 13.5. The molecule has 1 unspecified atom stereocenters. The predicted molar refractivity (Wildman–Crippen MR) is 80.7 cm³/mol. The van der Waals surface area contributed by atoms with Crippen molar-refractivity contribution in [2.75, 3.05) is 6.54 Å². The van der Waals surface area contributed by atoms with Gasteiger partial charge in [0.2, 0.25) is 0 Å². The third-order valence-electron chi connectivity index (χ3n) is 3.00. The molecule has 0 amide bonds. The third-order valence-corrected chi connectivity index (χ3v) is 3.72. The molecule has 0 fully saturated rings. The summed E-state index contributed by atoms with van der Waals surface area (Å²) in [5.74, 6) is -0.211. The van der Waals surface area contributed by atoms with Crippen LogP contribution in [0.4, 0.5) is 4.39 Å². The summed E-state index contributed by atoms with van der Waals surface area (Å²) in [4.78, 5) is 0. The Balaban J connectivity index is 2.40. The molecule has 0 radical (unpaired) electrons. The van der Waals surface area contributed by atoms with Crippen LogP contribution in [-0.4, -0.2) is 6.54 Å². The number of benzene rings is 2. The standard InChI is InChI=1S/C16H17BrFN/c1-2-10-19-16(12-6-4-3-5-7-12)14-11-13(18)8-9-15(14)17/h3-9,11,16,19H,2,10H2,1H3. The lowest BCUT2D eigenvalue weighted by Gasteiger charge is -2.21. The molecule has 0 saturated heterocycles. The van der Waals surface area contributed by atoms with E-state index in [1.807, 2.05) is 18.2 Å². The van der Waals surface area contributed by atoms with E-state index in [1.165, 1.54) is 6.07 Å². The quantitative estimate of drug-likeness (QED) is 0.843. The van der Waals surface area contributed by atoms with Crippen LogP contribution in [0.1, 0.15) is 30.5 Å². The minimum absolute atomic E-state index is 0.00576. The summed E-state index contributed by atoms with van der Waals surface area (Å²) in [5.41, 5.74) is 2.07. The Labute approximate surface area is 122 Å². The molecule has 0 spiro atoms. The molecule has 2 aromatic rings. The summed E-state index contributed by atoms with van der Waals surface area (Å²) in [5, 5.41) is 3.47. The van der Waals surface area contributed by atoms with Crippen molar-refractivity contribution >= 4 is 15.9 Å². The van der Waals surface area contributed by atoms with Gasteiger partial charge in [0.15, 0.2) is 0 Å². The van der Waals surface area contributed by atoms with Gasteiger partial charge in [-0.3, -0.25) is 0 Å². The van der Waals surface area contributed by atoms with Crippen LogP contribution in [-0.2, 0) is 0 Å². The van der Waals surface area contributed by atoms with Crippen molar-refractivity contribution < 1.29 is 4.39 Å². The fraction of sp³-hybridized carbons (Fsp3) is 0.250. The van der Waals surface area contributed by atoms with Crippen molar-refractivity contribution in [3.63, 3.8) is 0 Å². The Morgan fingerprint density at radius 1 is 1.16 bits per heavy atom. The van der Waals surface area contributed by atoms with Crippen LogP contribution in [0.15, 0.2) is 53.0 Å². The highest BCUT2D eigenvalue weighted by Crippen LogP contribution is 2.29. The van der Waals surface area contributed by atoms with Crippen molar-refractivity contribution in [2.45, 2.75) is 19.4 Å². The number of nitrogens with one attached hydrogen (secondary N) is 1. The van der Waals surface area contributed by atoms with E-state index < -0.39 is 0 Å². The maximum Gasteiger partial charge on any atom is 0.123 e. The summed E-state index contributed by atoms with van der Waals surface area (Å²) < 4.78 is 14.4. The first-order valence-electron chi connectivity index (χ1n) is 6.45. The lowest BCUT2D eigenvalue weighted by atomic mass is 9.98. The van der Waals surface area contributed by atoms with Gasteiger partial charge in [0.25, 0.3) is 0 Å². The second kappa shape index (κ2) is 6.83. The summed E-state index contributed by atoms with van der Waals surface area (Å²) in [6.07, 6.45) is 1.04. The molecule has 0 heterocycles. The topological polar surface area (TPSA) is 12.0 Å². The minimum atomic E-state index is -0.211. The van der Waals surface area contributed by atoms with Gasteiger partial charge in [0, 0.05) is 4.47 Å². The van der Waals surface area contributed by atoms with Crippen LogP contribution >= 0.6 is 15.9 Å². The predicted octanol–water partition coefficient (Wildman–Crippen LogP) is 4.68. The molecule has 0 aromatic heterocycles. The van der Waals surface area contributed by atoms with Crippen LogP contribution in [0, 0.1) is 5.82 Å². The molecular weight excluding hydrogens is 305 g/mol. The normalized spacial score (nSPS) is 12.4. The average molecular weight is 322 g/mol. The first-order valence-corrected chi connectivity index (χ1v) is 7.25. The number of halogens is 2. The molecule has 100 valence electrons. The molecule has 19 heavy (non-hydrogen) atoms. The lowest BCUT2D eigenvalue weighted by molar-refractivity contribution is 0.583. The van der Waals surface area contributed by atoms with E-state index in [-0.39, 0.29) is 11.9 Å². The Kier molecular flexibility index (Phi) is 5.11. The van der Waals surface area contributed by atoms with Gasteiger partial charge < -0.3 is 5.32 Å². The maximum atomic E-state index is 13.5. The first kappa shape index (κ1) is 14.2. The van der Waals surface area contributed by atoms with Gasteiger partial charge >= 0.3 is 0 Å². The third kappa shape index (κ3) is 3.64. The van der Waals surface area contributed by atoms with Gasteiger partial charge in [-0.15, -0.1) is 0 Å². The average Bonchev–Trinajstić information content (AvgIpc) is 2.44. The molecule has 1 atom stereocenters. The largest absolute Gasteiger partial charge is 0.306 e. The van der Waals surface area contributed by atoms with Crippen LogP contribution < -0.4 is 5.32 Å². The second-order valence-electron chi connectivity index (χ2n) is 4.46. The van der Waals surface area contributed by atoms with E-state index in [0.29, 0.717) is 0 Å². The van der Waals surface area contributed by atoms with Crippen LogP contribution in [0.25, 0.3) is 0 Å². The van der Waals surface area contributed by atoms with Crippen molar-refractivity contribution in [2.24, 2.45) is 0 Å². The number of hydrogen-bond donors (Lipinski definition) is 1. The summed E-state index contributed by atoms with van der Waals surface area (Å²) in [7, 11) is 0. The van der Waals surface area contributed by atoms with Crippen LogP contribution in [0.2, 0.25) is 0 Å². The number of rotatable bonds is 5. The Morgan fingerprint density at radius 3 is 2.58 bits per heavy atom. The minimum Gasteiger partial charge on any atom is -0.306 e. The fourth-order valence-electron chi connectivity index (χ4n) is 2.08. The molecule has 0 aliphatic rings. The van der Waals surface area contributed by atoms with Gasteiger partial charge in [-0.1, -0.05) is 53.2 Å². The lowest BCUT2D eigenvalue weighted by Crippen LogP contribution is -2.23. The fourth-order valence-corrected chi connectivity index (χ4v) is 2.55. The molecular formula is C16H17BrFN. The van der Waals surface area contributed by atoms with Crippen LogP contribution in [0.3, 0.4) is 0 Å². The van der Waals surface area contributed by atoms with Gasteiger partial charge in [-0.2, -0.15) is 0 Å². The molecule has 1 N–H and O–H groups in total. The molecule has 2 rings (SSSR count). The monoisotopic (exact) mass is 321 g/mol. The van der Waals surface area contributed by atoms with Gasteiger partial charge in [0.1, 0.15) is 5.82 Å². The second-order valence-corrected chi connectivity index (χ2v) is 5.32. The molecule has 0 aliphatic carbocycles. The van der Waals surface area contributed by atoms with Crippen molar-refractivity contribution in [3.05, 3.63) is 69.9 Å². The van der Waals surface area contributed by atoms with Crippen molar-refractivity contribution in [1.82, 2.24) is 5.32 Å². The van der Waals surface area contributed by atoms with E-state index in [9.17, 15) is 4.39 Å². The Hall–Kier alpha value is -1.19. The van der Waals surface area contributed by atoms with Crippen molar-refractivity contribution in [1.29, 1.82) is 0 Å². The van der Waals surface area contributed by atoms with E-state index in [2.05, 4.69) is 40.3 Å². The highest BCUT2D eigenvalue weighted by Gasteiger charge is 2.16.